The number of rotatable bonds is 7. The third kappa shape index (κ3) is 5.17. The Hall–Kier alpha value is -2.15. The number of carbonyl (C=O) groups excluding carboxylic acids is 2. The summed E-state index contributed by atoms with van der Waals surface area (Å²) in [6.45, 7) is 4.73. The van der Waals surface area contributed by atoms with Crippen molar-refractivity contribution in [2.24, 2.45) is 5.92 Å². The first kappa shape index (κ1) is 18.6. The van der Waals surface area contributed by atoms with Gasteiger partial charge in [-0.15, -0.1) is 0 Å². The zero-order valence-electron chi connectivity index (χ0n) is 15.1. The van der Waals surface area contributed by atoms with Crippen molar-refractivity contribution >= 4 is 34.6 Å². The van der Waals surface area contributed by atoms with Crippen molar-refractivity contribution in [2.75, 3.05) is 12.3 Å². The van der Waals surface area contributed by atoms with Crippen molar-refractivity contribution in [3.8, 4) is 0 Å². The minimum atomic E-state index is -0.442. The second-order valence-electron chi connectivity index (χ2n) is 6.95. The second-order valence-corrected chi connectivity index (χ2v) is 7.92. The molecule has 1 heterocycles. The Morgan fingerprint density at radius 1 is 1.23 bits per heavy atom. The van der Waals surface area contributed by atoms with Gasteiger partial charge in [0.1, 0.15) is 10.9 Å². The van der Waals surface area contributed by atoms with Gasteiger partial charge >= 0.3 is 6.03 Å². The Kier molecular flexibility index (Phi) is 6.08. The van der Waals surface area contributed by atoms with E-state index in [0.717, 1.165) is 41.0 Å². The van der Waals surface area contributed by atoms with Crippen LogP contribution in [0.25, 0.3) is 10.9 Å². The van der Waals surface area contributed by atoms with Crippen molar-refractivity contribution in [1.29, 1.82) is 0 Å². The van der Waals surface area contributed by atoms with Gasteiger partial charge in [0.25, 0.3) is 0 Å². The Morgan fingerprint density at radius 2 is 2.00 bits per heavy atom. The highest BCUT2D eigenvalue weighted by atomic mass is 32.2. The molecule has 0 bridgehead atoms. The van der Waals surface area contributed by atoms with Gasteiger partial charge in [0.05, 0.1) is 11.3 Å². The molecule has 6 nitrogen and oxygen atoms in total. The maximum Gasteiger partial charge on any atom is 0.321 e. The largest absolute Gasteiger partial charge is 0.338 e. The monoisotopic (exact) mass is 372 g/mol. The standard InChI is InChI=1S/C19H24N4O2S/c1-12(2)9-10-20-19(25)22-16(24)11-26-18-14-5-3-4-6-15(14)21-17(23-18)13-7-8-13/h3-6,12-13H,7-11H2,1-2H3,(H2,20,22,24,25). The average Bonchev–Trinajstić information content (AvgIpc) is 3.44. The van der Waals surface area contributed by atoms with Crippen LogP contribution in [0.15, 0.2) is 29.3 Å². The van der Waals surface area contributed by atoms with E-state index in [1.807, 2.05) is 24.3 Å². The molecule has 1 aliphatic rings. The van der Waals surface area contributed by atoms with Gasteiger partial charge in [-0.05, 0) is 31.2 Å². The van der Waals surface area contributed by atoms with Crippen LogP contribution in [0.4, 0.5) is 4.79 Å². The number of imide groups is 1. The molecule has 0 aliphatic heterocycles. The van der Waals surface area contributed by atoms with E-state index in [1.165, 1.54) is 11.8 Å². The second kappa shape index (κ2) is 8.49. The highest BCUT2D eigenvalue weighted by molar-refractivity contribution is 8.00. The molecule has 2 N–H and O–H groups in total. The third-order valence-corrected chi connectivity index (χ3v) is 5.12. The highest BCUT2D eigenvalue weighted by Crippen LogP contribution is 2.39. The van der Waals surface area contributed by atoms with Crippen LogP contribution in [0.5, 0.6) is 0 Å². The van der Waals surface area contributed by atoms with E-state index in [9.17, 15) is 9.59 Å². The SMILES string of the molecule is CC(C)CCNC(=O)NC(=O)CSc1nc(C2CC2)nc2ccccc12. The van der Waals surface area contributed by atoms with Crippen LogP contribution in [0.1, 0.15) is 44.9 Å². The molecule has 1 saturated carbocycles. The molecule has 26 heavy (non-hydrogen) atoms. The van der Waals surface area contributed by atoms with Crippen LogP contribution in [-0.4, -0.2) is 34.2 Å². The lowest BCUT2D eigenvalue weighted by molar-refractivity contribution is -0.117. The van der Waals surface area contributed by atoms with Crippen molar-refractivity contribution in [3.05, 3.63) is 30.1 Å². The number of hydrogen-bond donors (Lipinski definition) is 2. The lowest BCUT2D eigenvalue weighted by Gasteiger charge is -2.09. The first-order valence-electron chi connectivity index (χ1n) is 9.00. The van der Waals surface area contributed by atoms with E-state index in [4.69, 9.17) is 0 Å². The molecule has 0 unspecified atom stereocenters. The molecule has 138 valence electrons. The summed E-state index contributed by atoms with van der Waals surface area (Å²) in [6.07, 6.45) is 3.13. The number of aromatic nitrogens is 2. The molecule has 1 fully saturated rings. The Morgan fingerprint density at radius 3 is 2.73 bits per heavy atom. The number of urea groups is 1. The van der Waals surface area contributed by atoms with Gasteiger partial charge in [0, 0.05) is 17.8 Å². The molecule has 0 saturated heterocycles. The van der Waals surface area contributed by atoms with Crippen LogP contribution in [0.2, 0.25) is 0 Å². The van der Waals surface area contributed by atoms with E-state index in [2.05, 4.69) is 34.4 Å². The first-order chi connectivity index (χ1) is 12.5. The minimum Gasteiger partial charge on any atom is -0.338 e. The van der Waals surface area contributed by atoms with Crippen LogP contribution in [0, 0.1) is 5.92 Å². The Bertz CT molecular complexity index is 805. The van der Waals surface area contributed by atoms with E-state index in [1.54, 1.807) is 0 Å². The van der Waals surface area contributed by atoms with Crippen LogP contribution >= 0.6 is 11.8 Å². The molecule has 3 rings (SSSR count). The average molecular weight is 372 g/mol. The fraction of sp³-hybridized carbons (Fsp3) is 0.474. The van der Waals surface area contributed by atoms with Gasteiger partial charge in [-0.3, -0.25) is 10.1 Å². The van der Waals surface area contributed by atoms with E-state index in [0.29, 0.717) is 18.4 Å². The van der Waals surface area contributed by atoms with Crippen molar-refractivity contribution in [1.82, 2.24) is 20.6 Å². The summed E-state index contributed by atoms with van der Waals surface area (Å²) in [4.78, 5) is 33.1. The summed E-state index contributed by atoms with van der Waals surface area (Å²) >= 11 is 1.34. The number of nitrogens with zero attached hydrogens (tertiary/aromatic N) is 2. The molecule has 3 amide bonds. The van der Waals surface area contributed by atoms with Crippen LogP contribution in [0.3, 0.4) is 0 Å². The number of amides is 3. The number of hydrogen-bond acceptors (Lipinski definition) is 5. The molecule has 2 aromatic rings. The summed E-state index contributed by atoms with van der Waals surface area (Å²) in [6, 6.07) is 7.38. The van der Waals surface area contributed by atoms with Crippen molar-refractivity contribution in [2.45, 2.75) is 44.1 Å². The summed E-state index contributed by atoms with van der Waals surface area (Å²) in [7, 11) is 0. The fourth-order valence-electron chi connectivity index (χ4n) is 2.51. The molecule has 1 aromatic heterocycles. The maximum atomic E-state index is 12.1. The van der Waals surface area contributed by atoms with Gasteiger partial charge in [-0.25, -0.2) is 14.8 Å². The maximum absolute atomic E-state index is 12.1. The summed E-state index contributed by atoms with van der Waals surface area (Å²) < 4.78 is 0. The fourth-order valence-corrected chi connectivity index (χ4v) is 3.34. The molecular formula is C19H24N4O2S. The summed E-state index contributed by atoms with van der Waals surface area (Å²) in [5.74, 6) is 1.63. The quantitative estimate of drug-likeness (QED) is 0.574. The zero-order chi connectivity index (χ0) is 18.5. The predicted molar refractivity (Wildman–Crippen MR) is 103 cm³/mol. The number of benzene rings is 1. The topological polar surface area (TPSA) is 84.0 Å². The number of nitrogens with one attached hydrogen (secondary N) is 2. The number of fused-ring (bicyclic) bond motifs is 1. The molecule has 1 aromatic carbocycles. The minimum absolute atomic E-state index is 0.142. The highest BCUT2D eigenvalue weighted by Gasteiger charge is 2.27. The van der Waals surface area contributed by atoms with Gasteiger partial charge < -0.3 is 5.32 Å². The van der Waals surface area contributed by atoms with E-state index < -0.39 is 6.03 Å². The Balaban J connectivity index is 1.58. The van der Waals surface area contributed by atoms with Gasteiger partial charge in [-0.2, -0.15) is 0 Å². The van der Waals surface area contributed by atoms with Gasteiger partial charge in [0.2, 0.25) is 5.91 Å². The zero-order valence-corrected chi connectivity index (χ0v) is 15.9. The van der Waals surface area contributed by atoms with Crippen LogP contribution in [-0.2, 0) is 4.79 Å². The third-order valence-electron chi connectivity index (χ3n) is 4.13. The van der Waals surface area contributed by atoms with Crippen molar-refractivity contribution < 1.29 is 9.59 Å². The molecule has 0 radical (unpaired) electrons. The molecule has 0 spiro atoms. The molecule has 7 heteroatoms. The molecule has 0 atom stereocenters. The Labute approximate surface area is 157 Å². The van der Waals surface area contributed by atoms with Crippen LogP contribution < -0.4 is 10.6 Å². The lowest BCUT2D eigenvalue weighted by atomic mass is 10.1. The summed E-state index contributed by atoms with van der Waals surface area (Å²) in [5, 5.41) is 6.81. The smallest absolute Gasteiger partial charge is 0.321 e. The predicted octanol–water partition coefficient (Wildman–Crippen LogP) is 3.47. The number of thioether (sulfide) groups is 1. The number of para-hydroxylation sites is 1. The first-order valence-corrected chi connectivity index (χ1v) is 9.98. The van der Waals surface area contributed by atoms with Gasteiger partial charge in [0.15, 0.2) is 0 Å². The molecule has 1 aliphatic carbocycles. The lowest BCUT2D eigenvalue weighted by Crippen LogP contribution is -2.40. The number of carbonyl (C=O) groups is 2. The van der Waals surface area contributed by atoms with Crippen molar-refractivity contribution in [3.63, 3.8) is 0 Å². The van der Waals surface area contributed by atoms with E-state index in [-0.39, 0.29) is 11.7 Å². The van der Waals surface area contributed by atoms with E-state index >= 15 is 0 Å². The van der Waals surface area contributed by atoms with Gasteiger partial charge in [-0.1, -0.05) is 43.8 Å². The summed E-state index contributed by atoms with van der Waals surface area (Å²) in [5.41, 5.74) is 0.902. The molecular weight excluding hydrogens is 348 g/mol. The normalized spacial score (nSPS) is 13.8.